The van der Waals surface area contributed by atoms with Crippen molar-refractivity contribution in [1.29, 1.82) is 0 Å². The van der Waals surface area contributed by atoms with E-state index < -0.39 is 0 Å². The third-order valence-electron chi connectivity index (χ3n) is 3.18. The molecule has 4 heteroatoms. The third-order valence-corrected chi connectivity index (χ3v) is 3.18. The molecule has 0 radical (unpaired) electrons. The summed E-state index contributed by atoms with van der Waals surface area (Å²) in [5, 5.41) is 5.08. The number of hydrogen-bond donors (Lipinski definition) is 2. The summed E-state index contributed by atoms with van der Waals surface area (Å²) in [6, 6.07) is 12.0. The molecule has 2 aromatic carbocycles. The number of nitrogens with zero attached hydrogens (tertiary/aromatic N) is 1. The largest absolute Gasteiger partial charge is 0.398 e. The summed E-state index contributed by atoms with van der Waals surface area (Å²) in [6.07, 6.45) is 1.76. The molecule has 0 amide bonds. The highest BCUT2D eigenvalue weighted by Crippen LogP contribution is 2.30. The van der Waals surface area contributed by atoms with Crippen molar-refractivity contribution in [3.05, 3.63) is 60.2 Å². The maximum atomic E-state index is 13.2. The molecule has 0 saturated heterocycles. The van der Waals surface area contributed by atoms with E-state index in [-0.39, 0.29) is 5.82 Å². The number of anilines is 3. The Bertz CT molecular complexity index is 784. The first-order valence-corrected chi connectivity index (χ1v) is 6.31. The summed E-state index contributed by atoms with van der Waals surface area (Å²) in [4.78, 5) is 4.26. The smallest absolute Gasteiger partial charge is 0.125 e. The van der Waals surface area contributed by atoms with Gasteiger partial charge in [0.05, 0.1) is 0 Å². The van der Waals surface area contributed by atoms with Crippen LogP contribution in [0.3, 0.4) is 0 Å². The van der Waals surface area contributed by atoms with Crippen LogP contribution in [0.2, 0.25) is 0 Å². The molecule has 0 saturated carbocycles. The molecular weight excluding hydrogens is 253 g/mol. The summed E-state index contributed by atoms with van der Waals surface area (Å²) in [5.74, 6) is -0.271. The van der Waals surface area contributed by atoms with Crippen molar-refractivity contribution in [2.75, 3.05) is 11.1 Å². The highest BCUT2D eigenvalue weighted by Gasteiger charge is 2.06. The van der Waals surface area contributed by atoms with Crippen LogP contribution in [-0.2, 0) is 0 Å². The average molecular weight is 267 g/mol. The van der Waals surface area contributed by atoms with Crippen LogP contribution in [0, 0.1) is 12.7 Å². The fraction of sp³-hybridized carbons (Fsp3) is 0.0625. The van der Waals surface area contributed by atoms with Crippen molar-refractivity contribution in [1.82, 2.24) is 4.98 Å². The SMILES string of the molecule is Cc1cc2c(Nc3cccc(F)c3)ccc(N)c2cn1. The Balaban J connectivity index is 2.12. The van der Waals surface area contributed by atoms with Crippen molar-refractivity contribution in [3.63, 3.8) is 0 Å². The van der Waals surface area contributed by atoms with Gasteiger partial charge in [0, 0.05) is 39.7 Å². The van der Waals surface area contributed by atoms with Gasteiger partial charge in [0.1, 0.15) is 5.82 Å². The predicted octanol–water partition coefficient (Wildman–Crippen LogP) is 4.01. The van der Waals surface area contributed by atoms with Crippen LogP contribution in [0.1, 0.15) is 5.69 Å². The van der Waals surface area contributed by atoms with E-state index in [4.69, 9.17) is 5.73 Å². The third kappa shape index (κ3) is 2.28. The van der Waals surface area contributed by atoms with Crippen molar-refractivity contribution >= 4 is 27.8 Å². The molecule has 3 rings (SSSR count). The van der Waals surface area contributed by atoms with E-state index in [1.807, 2.05) is 31.2 Å². The fourth-order valence-electron chi connectivity index (χ4n) is 2.20. The van der Waals surface area contributed by atoms with E-state index in [9.17, 15) is 4.39 Å². The maximum Gasteiger partial charge on any atom is 0.125 e. The molecule has 3 nitrogen and oxygen atoms in total. The zero-order valence-electron chi connectivity index (χ0n) is 11.0. The molecule has 0 aliphatic carbocycles. The number of rotatable bonds is 2. The molecule has 0 bridgehead atoms. The minimum atomic E-state index is -0.271. The number of nitrogen functional groups attached to an aromatic ring is 1. The summed E-state index contributed by atoms with van der Waals surface area (Å²) < 4.78 is 13.2. The van der Waals surface area contributed by atoms with Crippen LogP contribution < -0.4 is 11.1 Å². The Labute approximate surface area is 116 Å². The Morgan fingerprint density at radius 2 is 1.95 bits per heavy atom. The topological polar surface area (TPSA) is 50.9 Å². The lowest BCUT2D eigenvalue weighted by atomic mass is 10.1. The van der Waals surface area contributed by atoms with Gasteiger partial charge in [0.2, 0.25) is 0 Å². The van der Waals surface area contributed by atoms with Crippen molar-refractivity contribution in [3.8, 4) is 0 Å². The first kappa shape index (κ1) is 12.4. The van der Waals surface area contributed by atoms with Gasteiger partial charge in [-0.05, 0) is 43.3 Å². The molecule has 1 aromatic heterocycles. The lowest BCUT2D eigenvalue weighted by molar-refractivity contribution is 0.628. The minimum absolute atomic E-state index is 0.271. The monoisotopic (exact) mass is 267 g/mol. The van der Waals surface area contributed by atoms with E-state index in [1.54, 1.807) is 12.3 Å². The molecule has 100 valence electrons. The molecule has 0 atom stereocenters. The maximum absolute atomic E-state index is 13.2. The number of benzene rings is 2. The van der Waals surface area contributed by atoms with Crippen LogP contribution >= 0.6 is 0 Å². The molecule has 0 aliphatic heterocycles. The van der Waals surface area contributed by atoms with Gasteiger partial charge in [-0.3, -0.25) is 4.98 Å². The summed E-state index contributed by atoms with van der Waals surface area (Å²) >= 11 is 0. The Kier molecular flexibility index (Phi) is 2.99. The van der Waals surface area contributed by atoms with Crippen LogP contribution in [-0.4, -0.2) is 4.98 Å². The molecule has 0 unspecified atom stereocenters. The van der Waals surface area contributed by atoms with Crippen LogP contribution in [0.5, 0.6) is 0 Å². The summed E-state index contributed by atoms with van der Waals surface area (Å²) in [5.41, 5.74) is 9.13. The Morgan fingerprint density at radius 3 is 2.75 bits per heavy atom. The number of nitrogens with one attached hydrogen (secondary N) is 1. The first-order valence-electron chi connectivity index (χ1n) is 6.31. The minimum Gasteiger partial charge on any atom is -0.398 e. The van der Waals surface area contributed by atoms with E-state index in [1.165, 1.54) is 12.1 Å². The van der Waals surface area contributed by atoms with E-state index in [2.05, 4.69) is 10.3 Å². The zero-order chi connectivity index (χ0) is 14.1. The second-order valence-electron chi connectivity index (χ2n) is 4.71. The fourth-order valence-corrected chi connectivity index (χ4v) is 2.20. The first-order chi connectivity index (χ1) is 9.63. The van der Waals surface area contributed by atoms with Gasteiger partial charge in [0.15, 0.2) is 0 Å². The molecule has 0 aliphatic rings. The van der Waals surface area contributed by atoms with Crippen LogP contribution in [0.25, 0.3) is 10.8 Å². The van der Waals surface area contributed by atoms with Gasteiger partial charge in [-0.2, -0.15) is 0 Å². The van der Waals surface area contributed by atoms with Gasteiger partial charge < -0.3 is 11.1 Å². The average Bonchev–Trinajstić information content (AvgIpc) is 2.42. The van der Waals surface area contributed by atoms with Gasteiger partial charge in [-0.1, -0.05) is 6.07 Å². The lowest BCUT2D eigenvalue weighted by Crippen LogP contribution is -1.96. The van der Waals surface area contributed by atoms with Crippen LogP contribution in [0.15, 0.2) is 48.7 Å². The molecule has 0 fully saturated rings. The second-order valence-corrected chi connectivity index (χ2v) is 4.71. The Hall–Kier alpha value is -2.62. The van der Waals surface area contributed by atoms with Gasteiger partial charge in [0.25, 0.3) is 0 Å². The zero-order valence-corrected chi connectivity index (χ0v) is 11.0. The van der Waals surface area contributed by atoms with Crippen molar-refractivity contribution < 1.29 is 4.39 Å². The summed E-state index contributed by atoms with van der Waals surface area (Å²) in [6.45, 7) is 1.93. The number of hydrogen-bond acceptors (Lipinski definition) is 3. The predicted molar refractivity (Wildman–Crippen MR) is 80.6 cm³/mol. The van der Waals surface area contributed by atoms with Gasteiger partial charge in [-0.15, -0.1) is 0 Å². The van der Waals surface area contributed by atoms with E-state index in [0.29, 0.717) is 11.4 Å². The van der Waals surface area contributed by atoms with E-state index >= 15 is 0 Å². The standard InChI is InChI=1S/C16H14FN3/c1-10-7-13-14(9-19-10)15(18)5-6-16(13)20-12-4-2-3-11(17)8-12/h2-9,20H,18H2,1H3. The highest BCUT2D eigenvalue weighted by molar-refractivity contribution is 6.01. The molecule has 3 aromatic rings. The van der Waals surface area contributed by atoms with Gasteiger partial charge >= 0.3 is 0 Å². The number of pyridine rings is 1. The van der Waals surface area contributed by atoms with Crippen LogP contribution in [0.4, 0.5) is 21.5 Å². The molecule has 0 spiro atoms. The number of nitrogens with two attached hydrogens (primary N) is 1. The normalized spacial score (nSPS) is 10.7. The molecule has 1 heterocycles. The Morgan fingerprint density at radius 1 is 1.10 bits per heavy atom. The summed E-state index contributed by atoms with van der Waals surface area (Å²) in [7, 11) is 0. The number of aryl methyl sites for hydroxylation is 1. The quantitative estimate of drug-likeness (QED) is 0.690. The number of aromatic nitrogens is 1. The van der Waals surface area contributed by atoms with Gasteiger partial charge in [-0.25, -0.2) is 4.39 Å². The molecule has 3 N–H and O–H groups in total. The van der Waals surface area contributed by atoms with Crippen molar-refractivity contribution in [2.45, 2.75) is 6.92 Å². The lowest BCUT2D eigenvalue weighted by Gasteiger charge is -2.12. The molecule has 20 heavy (non-hydrogen) atoms. The second kappa shape index (κ2) is 4.81. The van der Waals surface area contributed by atoms with Crippen molar-refractivity contribution in [2.24, 2.45) is 0 Å². The number of halogens is 1. The number of fused-ring (bicyclic) bond motifs is 1. The molecular formula is C16H14FN3. The van der Waals surface area contributed by atoms with E-state index in [0.717, 1.165) is 22.2 Å². The highest BCUT2D eigenvalue weighted by atomic mass is 19.1.